The van der Waals surface area contributed by atoms with E-state index >= 15 is 0 Å². The van der Waals surface area contributed by atoms with Crippen molar-refractivity contribution in [3.63, 3.8) is 0 Å². The molecule has 0 aliphatic heterocycles. The summed E-state index contributed by atoms with van der Waals surface area (Å²) in [6.45, 7) is 0.512. The van der Waals surface area contributed by atoms with E-state index in [9.17, 15) is 18.8 Å². The van der Waals surface area contributed by atoms with Crippen molar-refractivity contribution in [2.24, 2.45) is 0 Å². The van der Waals surface area contributed by atoms with E-state index in [2.05, 4.69) is 5.32 Å². The molecule has 0 radical (unpaired) electrons. The summed E-state index contributed by atoms with van der Waals surface area (Å²) in [4.78, 5) is 36.6. The van der Waals surface area contributed by atoms with Crippen LogP contribution in [0.4, 0.5) is 4.39 Å². The van der Waals surface area contributed by atoms with Crippen LogP contribution < -0.4 is 10.9 Å². The van der Waals surface area contributed by atoms with E-state index in [1.54, 1.807) is 54.7 Å². The van der Waals surface area contributed by atoms with Crippen molar-refractivity contribution in [1.82, 2.24) is 9.88 Å². The Labute approximate surface area is 182 Å². The van der Waals surface area contributed by atoms with Gasteiger partial charge in [0, 0.05) is 23.7 Å². The number of pyridine rings is 1. The van der Waals surface area contributed by atoms with E-state index in [1.165, 1.54) is 28.8 Å². The molecule has 4 aromatic rings. The lowest BCUT2D eigenvalue weighted by atomic mass is 10.1. The van der Waals surface area contributed by atoms with Crippen LogP contribution in [0, 0.1) is 5.82 Å². The summed E-state index contributed by atoms with van der Waals surface area (Å²) < 4.78 is 14.5. The average Bonchev–Trinajstić information content (AvgIpc) is 2.80. The molecule has 3 aromatic carbocycles. The molecule has 0 saturated carbocycles. The minimum absolute atomic E-state index is 0.177. The number of hydrogen-bond acceptors (Lipinski definition) is 3. The highest BCUT2D eigenvalue weighted by Gasteiger charge is 2.10. The molecule has 1 aromatic heterocycles. The molecule has 0 bridgehead atoms. The molecule has 2 N–H and O–H groups in total. The van der Waals surface area contributed by atoms with Gasteiger partial charge in [-0.25, -0.2) is 9.18 Å². The predicted molar refractivity (Wildman–Crippen MR) is 118 cm³/mol. The molecule has 160 valence electrons. The zero-order valence-corrected chi connectivity index (χ0v) is 16.9. The van der Waals surface area contributed by atoms with Crippen molar-refractivity contribution >= 4 is 22.6 Å². The molecule has 32 heavy (non-hydrogen) atoms. The van der Waals surface area contributed by atoms with Crippen LogP contribution in [0.25, 0.3) is 10.8 Å². The van der Waals surface area contributed by atoms with E-state index in [4.69, 9.17) is 5.11 Å². The summed E-state index contributed by atoms with van der Waals surface area (Å²) in [5.74, 6) is -1.69. The highest BCUT2D eigenvalue weighted by atomic mass is 19.1. The fraction of sp³-hybridized carbons (Fsp3) is 0.0800. The maximum atomic E-state index is 13.0. The third-order valence-electron chi connectivity index (χ3n) is 5.16. The molecule has 0 aliphatic carbocycles. The first-order valence-corrected chi connectivity index (χ1v) is 9.89. The van der Waals surface area contributed by atoms with E-state index in [0.29, 0.717) is 16.3 Å². The molecule has 0 fully saturated rings. The van der Waals surface area contributed by atoms with Gasteiger partial charge in [-0.1, -0.05) is 30.3 Å². The zero-order chi connectivity index (χ0) is 22.7. The van der Waals surface area contributed by atoms with Gasteiger partial charge in [0.05, 0.1) is 12.1 Å². The molecule has 7 heteroatoms. The van der Waals surface area contributed by atoms with E-state index < -0.39 is 5.97 Å². The van der Waals surface area contributed by atoms with Crippen LogP contribution in [0.1, 0.15) is 31.8 Å². The van der Waals surface area contributed by atoms with E-state index in [-0.39, 0.29) is 35.9 Å². The maximum absolute atomic E-state index is 13.0. The number of nitrogens with zero attached hydrogens (tertiary/aromatic N) is 1. The van der Waals surface area contributed by atoms with Crippen LogP contribution in [0.5, 0.6) is 0 Å². The molecule has 0 unspecified atom stereocenters. The Morgan fingerprint density at radius 2 is 1.53 bits per heavy atom. The van der Waals surface area contributed by atoms with Crippen LogP contribution in [0.15, 0.2) is 83.8 Å². The van der Waals surface area contributed by atoms with Crippen molar-refractivity contribution in [2.45, 2.75) is 13.1 Å². The third-order valence-corrected chi connectivity index (χ3v) is 5.16. The van der Waals surface area contributed by atoms with Crippen LogP contribution >= 0.6 is 0 Å². The number of aromatic carboxylic acids is 1. The Hall–Kier alpha value is -4.26. The van der Waals surface area contributed by atoms with Gasteiger partial charge in [0.15, 0.2) is 0 Å². The van der Waals surface area contributed by atoms with Gasteiger partial charge < -0.3 is 15.0 Å². The number of rotatable bonds is 6. The van der Waals surface area contributed by atoms with Gasteiger partial charge in [0.1, 0.15) is 5.82 Å². The molecule has 0 atom stereocenters. The molecule has 0 aliphatic rings. The summed E-state index contributed by atoms with van der Waals surface area (Å²) in [5, 5.41) is 12.9. The van der Waals surface area contributed by atoms with Crippen molar-refractivity contribution in [1.29, 1.82) is 0 Å². The van der Waals surface area contributed by atoms with Gasteiger partial charge in [-0.15, -0.1) is 0 Å². The first-order chi connectivity index (χ1) is 15.4. The van der Waals surface area contributed by atoms with Crippen molar-refractivity contribution in [2.75, 3.05) is 0 Å². The minimum Gasteiger partial charge on any atom is -0.478 e. The molecule has 1 heterocycles. The van der Waals surface area contributed by atoms with Gasteiger partial charge in [-0.2, -0.15) is 0 Å². The number of fused-ring (bicyclic) bond motifs is 1. The lowest BCUT2D eigenvalue weighted by Crippen LogP contribution is -2.24. The number of benzene rings is 3. The Morgan fingerprint density at radius 1 is 0.875 bits per heavy atom. The number of carbonyl (C=O) groups is 2. The summed E-state index contributed by atoms with van der Waals surface area (Å²) in [7, 11) is 0. The van der Waals surface area contributed by atoms with Gasteiger partial charge >= 0.3 is 5.97 Å². The van der Waals surface area contributed by atoms with Crippen molar-refractivity contribution < 1.29 is 19.1 Å². The fourth-order valence-corrected chi connectivity index (χ4v) is 3.38. The Morgan fingerprint density at radius 3 is 2.22 bits per heavy atom. The normalized spacial score (nSPS) is 10.8. The number of amides is 1. The predicted octanol–water partition coefficient (Wildman–Crippen LogP) is 3.82. The van der Waals surface area contributed by atoms with Gasteiger partial charge in [0.2, 0.25) is 0 Å². The molecule has 4 rings (SSSR count). The SMILES string of the molecule is O=C(O)c1ccc(Cn2ccc3ccc(C(=O)NCc4ccc(F)cc4)cc3c2=O)cc1. The highest BCUT2D eigenvalue weighted by molar-refractivity contribution is 5.98. The molecule has 6 nitrogen and oxygen atoms in total. The Kier molecular flexibility index (Phi) is 5.81. The number of aromatic nitrogens is 1. The summed E-state index contributed by atoms with van der Waals surface area (Å²) in [5.41, 5.74) is 1.82. The number of carboxylic acid groups (broad SMARTS) is 1. The molecule has 1 amide bonds. The average molecular weight is 430 g/mol. The minimum atomic E-state index is -1.01. The second kappa shape index (κ2) is 8.85. The largest absolute Gasteiger partial charge is 0.478 e. The van der Waals surface area contributed by atoms with Gasteiger partial charge in [0.25, 0.3) is 11.5 Å². The number of nitrogens with one attached hydrogen (secondary N) is 1. The molecular weight excluding hydrogens is 411 g/mol. The smallest absolute Gasteiger partial charge is 0.335 e. The van der Waals surface area contributed by atoms with Crippen LogP contribution in [-0.4, -0.2) is 21.6 Å². The number of carbonyl (C=O) groups excluding carboxylic acids is 1. The Bertz CT molecular complexity index is 1360. The van der Waals surface area contributed by atoms with Gasteiger partial charge in [-0.05, 0) is 59.0 Å². The first kappa shape index (κ1) is 21.0. The zero-order valence-electron chi connectivity index (χ0n) is 16.9. The highest BCUT2D eigenvalue weighted by Crippen LogP contribution is 2.14. The van der Waals surface area contributed by atoms with E-state index in [0.717, 1.165) is 11.1 Å². The standard InChI is InChI=1S/C25H19FN2O4/c26-21-9-3-16(4-10-21)14-27-23(29)20-8-7-18-11-12-28(24(30)22(18)13-20)15-17-1-5-19(6-2-17)25(31)32/h1-13H,14-15H2,(H,27,29)(H,31,32). The lowest BCUT2D eigenvalue weighted by Gasteiger charge is -2.10. The summed E-state index contributed by atoms with van der Waals surface area (Å²) >= 11 is 0. The second-order valence-electron chi connectivity index (χ2n) is 7.36. The van der Waals surface area contributed by atoms with Crippen molar-refractivity contribution in [3.8, 4) is 0 Å². The maximum Gasteiger partial charge on any atom is 0.335 e. The fourth-order valence-electron chi connectivity index (χ4n) is 3.38. The summed E-state index contributed by atoms with van der Waals surface area (Å²) in [6.07, 6.45) is 1.67. The lowest BCUT2D eigenvalue weighted by molar-refractivity contribution is 0.0696. The van der Waals surface area contributed by atoms with Crippen LogP contribution in [0.3, 0.4) is 0 Å². The third kappa shape index (κ3) is 4.57. The monoisotopic (exact) mass is 430 g/mol. The number of carboxylic acids is 1. The van der Waals surface area contributed by atoms with Gasteiger partial charge in [-0.3, -0.25) is 9.59 Å². The number of hydrogen-bond donors (Lipinski definition) is 2. The first-order valence-electron chi connectivity index (χ1n) is 9.89. The molecule has 0 saturated heterocycles. The topological polar surface area (TPSA) is 88.4 Å². The molecule has 0 spiro atoms. The van der Waals surface area contributed by atoms with Crippen LogP contribution in [0.2, 0.25) is 0 Å². The van der Waals surface area contributed by atoms with E-state index in [1.807, 2.05) is 0 Å². The Balaban J connectivity index is 1.55. The van der Waals surface area contributed by atoms with Crippen molar-refractivity contribution in [3.05, 3.63) is 117 Å². The number of halogens is 1. The molecular formula is C25H19FN2O4. The van der Waals surface area contributed by atoms with Crippen LogP contribution in [-0.2, 0) is 13.1 Å². The second-order valence-corrected chi connectivity index (χ2v) is 7.36. The quantitative estimate of drug-likeness (QED) is 0.487. The summed E-state index contributed by atoms with van der Waals surface area (Å²) in [6, 6.07) is 18.9.